The van der Waals surface area contributed by atoms with E-state index in [9.17, 15) is 18.0 Å². The molecule has 0 bridgehead atoms. The van der Waals surface area contributed by atoms with Gasteiger partial charge in [0, 0.05) is 18.8 Å². The first kappa shape index (κ1) is 23.2. The van der Waals surface area contributed by atoms with Crippen molar-refractivity contribution in [2.75, 3.05) is 18.4 Å². The Morgan fingerprint density at radius 2 is 1.68 bits per heavy atom. The van der Waals surface area contributed by atoms with Crippen molar-refractivity contribution in [3.05, 3.63) is 59.1 Å². The Balaban J connectivity index is 1.68. The lowest BCUT2D eigenvalue weighted by Crippen LogP contribution is -2.41. The Hall–Kier alpha value is -2.42. The molecule has 2 aromatic rings. The molecule has 166 valence electrons. The first-order chi connectivity index (χ1) is 14.8. The second-order valence-electron chi connectivity index (χ2n) is 7.51. The maximum absolute atomic E-state index is 13.0. The smallest absolute Gasteiger partial charge is 0.253 e. The van der Waals surface area contributed by atoms with Crippen LogP contribution in [0.4, 0.5) is 5.69 Å². The van der Waals surface area contributed by atoms with E-state index in [0.29, 0.717) is 23.8 Å². The molecular formula is C22H26ClN3O4S. The number of rotatable bonds is 6. The fourth-order valence-electron chi connectivity index (χ4n) is 3.40. The van der Waals surface area contributed by atoms with Crippen LogP contribution in [0.25, 0.3) is 0 Å². The van der Waals surface area contributed by atoms with Crippen molar-refractivity contribution in [1.82, 2.24) is 9.62 Å². The molecule has 0 spiro atoms. The fraction of sp³-hybridized carbons (Fsp3) is 0.364. The quantitative estimate of drug-likeness (QED) is 0.683. The van der Waals surface area contributed by atoms with Gasteiger partial charge in [-0.25, -0.2) is 8.42 Å². The largest absolute Gasteiger partial charge is 0.340 e. The summed E-state index contributed by atoms with van der Waals surface area (Å²) in [6, 6.07) is 11.9. The van der Waals surface area contributed by atoms with Gasteiger partial charge in [0.15, 0.2) is 0 Å². The number of halogens is 1. The van der Waals surface area contributed by atoms with E-state index < -0.39 is 27.9 Å². The first-order valence-electron chi connectivity index (χ1n) is 10.3. The number of nitrogens with one attached hydrogen (secondary N) is 2. The Morgan fingerprint density at radius 3 is 2.35 bits per heavy atom. The molecule has 0 radical (unpaired) electrons. The highest BCUT2D eigenvalue weighted by molar-refractivity contribution is 7.89. The number of sulfonamides is 1. The van der Waals surface area contributed by atoms with E-state index in [0.717, 1.165) is 25.7 Å². The highest BCUT2D eigenvalue weighted by Gasteiger charge is 2.26. The van der Waals surface area contributed by atoms with Gasteiger partial charge in [-0.2, -0.15) is 4.31 Å². The molecule has 1 atom stereocenters. The highest BCUT2D eigenvalue weighted by atomic mass is 35.5. The Labute approximate surface area is 187 Å². The van der Waals surface area contributed by atoms with Gasteiger partial charge in [-0.3, -0.25) is 9.59 Å². The minimum atomic E-state index is -3.63. The van der Waals surface area contributed by atoms with Crippen LogP contribution in [0.2, 0.25) is 5.02 Å². The van der Waals surface area contributed by atoms with Gasteiger partial charge in [-0.05, 0) is 50.1 Å². The van der Waals surface area contributed by atoms with E-state index in [1.807, 2.05) is 0 Å². The van der Waals surface area contributed by atoms with Crippen LogP contribution >= 0.6 is 11.6 Å². The van der Waals surface area contributed by atoms with E-state index in [-0.39, 0.29) is 10.5 Å². The molecule has 1 unspecified atom stereocenters. The van der Waals surface area contributed by atoms with Crippen molar-refractivity contribution < 1.29 is 18.0 Å². The van der Waals surface area contributed by atoms with Crippen molar-refractivity contribution in [2.45, 2.75) is 43.5 Å². The molecular weight excluding hydrogens is 438 g/mol. The Bertz CT molecular complexity index is 1050. The zero-order valence-electron chi connectivity index (χ0n) is 17.3. The summed E-state index contributed by atoms with van der Waals surface area (Å²) in [5.74, 6) is -0.935. The lowest BCUT2D eigenvalue weighted by atomic mass is 10.2. The number of benzene rings is 2. The molecule has 1 fully saturated rings. The minimum absolute atomic E-state index is 0.139. The molecule has 31 heavy (non-hydrogen) atoms. The molecule has 1 heterocycles. The van der Waals surface area contributed by atoms with Gasteiger partial charge in [-0.15, -0.1) is 0 Å². The van der Waals surface area contributed by atoms with Crippen LogP contribution in [0, 0.1) is 0 Å². The monoisotopic (exact) mass is 463 g/mol. The summed E-state index contributed by atoms with van der Waals surface area (Å²) < 4.78 is 27.5. The molecule has 2 N–H and O–H groups in total. The summed E-state index contributed by atoms with van der Waals surface area (Å²) in [6.07, 6.45) is 3.75. The summed E-state index contributed by atoms with van der Waals surface area (Å²) in [5.41, 5.74) is 0.620. The third kappa shape index (κ3) is 5.84. The van der Waals surface area contributed by atoms with Gasteiger partial charge in [0.05, 0.1) is 15.5 Å². The highest BCUT2D eigenvalue weighted by Crippen LogP contribution is 2.23. The van der Waals surface area contributed by atoms with E-state index >= 15 is 0 Å². The number of carbonyl (C=O) groups is 2. The van der Waals surface area contributed by atoms with E-state index in [4.69, 9.17) is 11.6 Å². The number of hydrogen-bond donors (Lipinski definition) is 2. The summed E-state index contributed by atoms with van der Waals surface area (Å²) in [7, 11) is -3.63. The molecule has 1 saturated heterocycles. The van der Waals surface area contributed by atoms with Crippen molar-refractivity contribution in [2.24, 2.45) is 0 Å². The number of amides is 2. The average Bonchev–Trinajstić information content (AvgIpc) is 3.04. The number of carbonyl (C=O) groups excluding carboxylic acids is 2. The van der Waals surface area contributed by atoms with Gasteiger partial charge in [0.2, 0.25) is 15.9 Å². The standard InChI is InChI=1S/C22H26ClN3O4S/c1-16(24-22(28)19-11-4-5-12-20(19)23)21(27)25-17-9-8-10-18(15-17)31(29,30)26-13-6-2-3-7-14-26/h4-5,8-12,15-16H,2-3,6-7,13-14H2,1H3,(H,24,28)(H,25,27). The van der Waals surface area contributed by atoms with Gasteiger partial charge in [0.25, 0.3) is 5.91 Å². The molecule has 2 aromatic carbocycles. The van der Waals surface area contributed by atoms with Gasteiger partial charge < -0.3 is 10.6 Å². The molecule has 1 aliphatic heterocycles. The molecule has 9 heteroatoms. The normalized spacial score (nSPS) is 16.2. The van der Waals surface area contributed by atoms with Crippen LogP contribution in [0.5, 0.6) is 0 Å². The van der Waals surface area contributed by atoms with Crippen LogP contribution < -0.4 is 10.6 Å². The van der Waals surface area contributed by atoms with E-state index in [1.54, 1.807) is 43.3 Å². The number of anilines is 1. The number of nitrogens with zero attached hydrogens (tertiary/aromatic N) is 1. The SMILES string of the molecule is CC(NC(=O)c1ccccc1Cl)C(=O)Nc1cccc(S(=O)(=O)N2CCCCCC2)c1. The first-order valence-corrected chi connectivity index (χ1v) is 12.1. The van der Waals surface area contributed by atoms with E-state index in [2.05, 4.69) is 10.6 Å². The molecule has 1 aliphatic rings. The van der Waals surface area contributed by atoms with Gasteiger partial charge in [-0.1, -0.05) is 42.6 Å². The predicted molar refractivity (Wildman–Crippen MR) is 121 cm³/mol. The summed E-state index contributed by atoms with van der Waals surface area (Å²) in [5, 5.41) is 5.56. The average molecular weight is 464 g/mol. The Morgan fingerprint density at radius 1 is 1.00 bits per heavy atom. The lowest BCUT2D eigenvalue weighted by Gasteiger charge is -2.20. The molecule has 0 saturated carbocycles. The third-order valence-electron chi connectivity index (χ3n) is 5.16. The molecule has 3 rings (SSSR count). The molecule has 2 amide bonds. The second kappa shape index (κ2) is 10.3. The van der Waals surface area contributed by atoms with Crippen molar-refractivity contribution in [3.8, 4) is 0 Å². The minimum Gasteiger partial charge on any atom is -0.340 e. The van der Waals surface area contributed by atoms with Crippen LogP contribution in [0.3, 0.4) is 0 Å². The van der Waals surface area contributed by atoms with Crippen LogP contribution in [0.1, 0.15) is 43.0 Å². The summed E-state index contributed by atoms with van der Waals surface area (Å²) >= 11 is 6.02. The van der Waals surface area contributed by atoms with Crippen LogP contribution in [0.15, 0.2) is 53.4 Å². The summed E-state index contributed by atoms with van der Waals surface area (Å²) in [6.45, 7) is 2.55. The zero-order chi connectivity index (χ0) is 22.4. The fourth-order valence-corrected chi connectivity index (χ4v) is 5.19. The summed E-state index contributed by atoms with van der Waals surface area (Å²) in [4.78, 5) is 25.1. The van der Waals surface area contributed by atoms with Gasteiger partial charge in [0.1, 0.15) is 6.04 Å². The van der Waals surface area contributed by atoms with Crippen molar-refractivity contribution in [1.29, 1.82) is 0 Å². The Kier molecular flexibility index (Phi) is 7.69. The third-order valence-corrected chi connectivity index (χ3v) is 7.39. The lowest BCUT2D eigenvalue weighted by molar-refractivity contribution is -0.117. The molecule has 7 nitrogen and oxygen atoms in total. The zero-order valence-corrected chi connectivity index (χ0v) is 18.9. The topological polar surface area (TPSA) is 95.6 Å². The molecule has 0 aliphatic carbocycles. The van der Waals surface area contributed by atoms with Crippen molar-refractivity contribution >= 4 is 39.1 Å². The van der Waals surface area contributed by atoms with E-state index in [1.165, 1.54) is 16.4 Å². The maximum atomic E-state index is 13.0. The molecule has 0 aromatic heterocycles. The van der Waals surface area contributed by atoms with Crippen molar-refractivity contribution in [3.63, 3.8) is 0 Å². The van der Waals surface area contributed by atoms with Crippen LogP contribution in [-0.2, 0) is 14.8 Å². The maximum Gasteiger partial charge on any atom is 0.253 e. The second-order valence-corrected chi connectivity index (χ2v) is 9.86. The predicted octanol–water partition coefficient (Wildman–Crippen LogP) is 3.66. The van der Waals surface area contributed by atoms with Gasteiger partial charge >= 0.3 is 0 Å². The van der Waals surface area contributed by atoms with Crippen LogP contribution in [-0.4, -0.2) is 43.7 Å². The number of hydrogen-bond acceptors (Lipinski definition) is 4.